The minimum absolute atomic E-state index is 0.0977. The summed E-state index contributed by atoms with van der Waals surface area (Å²) >= 11 is 0. The Hall–Kier alpha value is -9.88. The van der Waals surface area contributed by atoms with Gasteiger partial charge in [0, 0.05) is 60.6 Å². The van der Waals surface area contributed by atoms with Crippen LogP contribution in [0.4, 0.5) is 22.7 Å². The van der Waals surface area contributed by atoms with Gasteiger partial charge in [-0.3, -0.25) is 39.4 Å². The van der Waals surface area contributed by atoms with Gasteiger partial charge in [-0.2, -0.15) is 14.8 Å². The van der Waals surface area contributed by atoms with Gasteiger partial charge in [0.1, 0.15) is 17.9 Å². The summed E-state index contributed by atoms with van der Waals surface area (Å²) < 4.78 is 57.5. The van der Waals surface area contributed by atoms with Gasteiger partial charge in [-0.15, -0.1) is 0 Å². The summed E-state index contributed by atoms with van der Waals surface area (Å²) in [4.78, 5) is 71.3. The summed E-state index contributed by atoms with van der Waals surface area (Å²) in [6.07, 6.45) is 0. The number of Topliss-reactive ketones (excluding diaryl/α,β-unsaturated/α-hetero) is 2. The van der Waals surface area contributed by atoms with Crippen molar-refractivity contribution in [1.82, 2.24) is 8.61 Å². The molecule has 0 spiro atoms. The van der Waals surface area contributed by atoms with Crippen LogP contribution in [0, 0.1) is 42.9 Å². The smallest absolute Gasteiger partial charge is 0.269 e. The van der Waals surface area contributed by atoms with E-state index in [1.807, 2.05) is 12.1 Å². The molecule has 0 saturated heterocycles. The fraction of sp³-hybridized carbons (Fsp3) is 0.115. The molecule has 0 aliphatic carbocycles. The van der Waals surface area contributed by atoms with Crippen molar-refractivity contribution in [2.75, 3.05) is 10.6 Å². The van der Waals surface area contributed by atoms with Gasteiger partial charge >= 0.3 is 0 Å². The first-order valence-corrected chi connectivity index (χ1v) is 25.3. The lowest BCUT2D eigenvalue weighted by molar-refractivity contribution is -0.385. The van der Waals surface area contributed by atoms with E-state index in [4.69, 9.17) is 11.5 Å². The molecule has 0 saturated carbocycles. The largest absolute Gasteiger partial charge is 0.399 e. The number of non-ortho nitro benzene ring substituents is 2. The number of ketones is 2. The van der Waals surface area contributed by atoms with Crippen molar-refractivity contribution in [2.45, 2.75) is 47.7 Å². The third-order valence-corrected chi connectivity index (χ3v) is 15.6. The first-order valence-electron chi connectivity index (χ1n) is 22.4. The number of benzene rings is 6. The molecule has 4 unspecified atom stereocenters. The Morgan fingerprint density at radius 3 is 1.46 bits per heavy atom. The third kappa shape index (κ3) is 10.8. The minimum atomic E-state index is -4.54. The molecule has 2 aliphatic heterocycles. The van der Waals surface area contributed by atoms with Crippen molar-refractivity contribution in [3.63, 3.8) is 0 Å². The van der Waals surface area contributed by atoms with Crippen LogP contribution in [0.2, 0.25) is 0 Å². The van der Waals surface area contributed by atoms with Gasteiger partial charge in [-0.25, -0.2) is 21.1 Å². The zero-order valence-electron chi connectivity index (χ0n) is 39.9. The second-order valence-electron chi connectivity index (χ2n) is 16.8. The van der Waals surface area contributed by atoms with Crippen LogP contribution in [0.25, 0.3) is 0 Å². The van der Waals surface area contributed by atoms with Crippen LogP contribution >= 0.6 is 0 Å². The maximum absolute atomic E-state index is 14.1. The fourth-order valence-electron chi connectivity index (χ4n) is 8.66. The minimum Gasteiger partial charge on any atom is -0.399 e. The number of nitrogens with two attached hydrogens (primary N) is 2. The second-order valence-corrected chi connectivity index (χ2v) is 20.5. The number of nitriles is 2. The van der Waals surface area contributed by atoms with E-state index < -0.39 is 71.3 Å². The Bertz CT molecular complexity index is 3710. The van der Waals surface area contributed by atoms with Gasteiger partial charge in [0.25, 0.3) is 21.4 Å². The number of nitrogens with zero attached hydrogens (tertiary/aromatic N) is 6. The molecule has 384 valence electrons. The van der Waals surface area contributed by atoms with E-state index in [0.29, 0.717) is 15.7 Å². The van der Waals surface area contributed by atoms with Gasteiger partial charge in [0.05, 0.1) is 60.6 Å². The van der Waals surface area contributed by atoms with Gasteiger partial charge < -0.3 is 22.1 Å². The lowest BCUT2D eigenvalue weighted by atomic mass is 9.84. The highest BCUT2D eigenvalue weighted by molar-refractivity contribution is 7.89. The summed E-state index contributed by atoms with van der Waals surface area (Å²) in [5, 5.41) is 47.9. The molecule has 76 heavy (non-hydrogen) atoms. The highest BCUT2D eigenvalue weighted by Gasteiger charge is 2.52. The predicted octanol–water partition coefficient (Wildman–Crippen LogP) is 6.57. The Morgan fingerprint density at radius 1 is 0.579 bits per heavy atom. The van der Waals surface area contributed by atoms with E-state index >= 15 is 0 Å². The normalized spacial score (nSPS) is 17.3. The average molecular weight is 1060 g/mol. The zero-order valence-corrected chi connectivity index (χ0v) is 41.5. The average Bonchev–Trinajstić information content (AvgIpc) is 3.91. The lowest BCUT2D eigenvalue weighted by Gasteiger charge is -2.30. The molecule has 24 heteroatoms. The summed E-state index contributed by atoms with van der Waals surface area (Å²) in [5.74, 6) is -3.67. The van der Waals surface area contributed by atoms with Gasteiger partial charge in [-0.05, 0) is 59.7 Å². The number of carbonyl (C=O) groups is 4. The van der Waals surface area contributed by atoms with Gasteiger partial charge in [-0.1, -0.05) is 84.9 Å². The Kier molecular flexibility index (Phi) is 15.7. The summed E-state index contributed by atoms with van der Waals surface area (Å²) in [7, 11) is -9.05. The molecule has 6 aromatic rings. The Morgan fingerprint density at radius 2 is 1.01 bits per heavy atom. The van der Waals surface area contributed by atoms with E-state index in [1.165, 1.54) is 129 Å². The number of hydrogen-bond acceptors (Lipinski definition) is 16. The van der Waals surface area contributed by atoms with Crippen molar-refractivity contribution >= 4 is 66.2 Å². The molecule has 0 radical (unpaired) electrons. The number of sulfonamides is 2. The van der Waals surface area contributed by atoms with Gasteiger partial charge in [0.15, 0.2) is 11.6 Å². The number of nitro benzene ring substituents is 2. The highest BCUT2D eigenvalue weighted by atomic mass is 32.2. The van der Waals surface area contributed by atoms with Crippen molar-refractivity contribution in [3.8, 4) is 12.1 Å². The molecule has 0 fully saturated rings. The molecule has 0 bridgehead atoms. The summed E-state index contributed by atoms with van der Waals surface area (Å²) in [6, 6.07) is 36.0. The molecule has 2 aliphatic rings. The Balaban J connectivity index is 0.000000221. The first kappa shape index (κ1) is 53.9. The topological polar surface area (TPSA) is 353 Å². The number of amides is 2. The van der Waals surface area contributed by atoms with Gasteiger partial charge in [0.2, 0.25) is 21.8 Å². The number of nitro groups is 2. The number of hydrogen-bond donors (Lipinski definition) is 4. The highest BCUT2D eigenvalue weighted by Crippen LogP contribution is 2.46. The molecule has 4 atom stereocenters. The van der Waals surface area contributed by atoms with Crippen LogP contribution in [0.1, 0.15) is 57.7 Å². The zero-order chi connectivity index (χ0) is 55.2. The van der Waals surface area contributed by atoms with Crippen LogP contribution in [-0.4, -0.2) is 70.8 Å². The number of anilines is 2. The molecule has 2 heterocycles. The Labute approximate surface area is 434 Å². The summed E-state index contributed by atoms with van der Waals surface area (Å²) in [6.45, 7) is 2.60. The van der Waals surface area contributed by atoms with Crippen LogP contribution in [0.3, 0.4) is 0 Å². The van der Waals surface area contributed by atoms with E-state index in [-0.39, 0.29) is 72.1 Å². The number of nitrogens with one attached hydrogen (secondary N) is 2. The van der Waals surface area contributed by atoms with Crippen LogP contribution in [0.15, 0.2) is 190 Å². The molecule has 6 N–H and O–H groups in total. The van der Waals surface area contributed by atoms with E-state index in [0.717, 1.165) is 10.4 Å². The maximum Gasteiger partial charge on any atom is 0.269 e. The van der Waals surface area contributed by atoms with Crippen molar-refractivity contribution in [2.24, 2.45) is 11.5 Å². The van der Waals surface area contributed by atoms with Crippen molar-refractivity contribution < 1.29 is 45.9 Å². The van der Waals surface area contributed by atoms with E-state index in [9.17, 15) is 66.8 Å². The van der Waals surface area contributed by atoms with E-state index in [2.05, 4.69) is 10.6 Å². The molecule has 0 aromatic heterocycles. The molecule has 8 rings (SSSR count). The summed E-state index contributed by atoms with van der Waals surface area (Å²) in [5.41, 5.74) is 12.5. The fourth-order valence-corrected chi connectivity index (χ4v) is 12.0. The number of rotatable bonds is 14. The second kappa shape index (κ2) is 22.1. The molecular weight excluding hydrogens is 1020 g/mol. The van der Waals surface area contributed by atoms with E-state index in [1.54, 1.807) is 36.4 Å². The predicted molar refractivity (Wildman–Crippen MR) is 274 cm³/mol. The van der Waals surface area contributed by atoms with Crippen LogP contribution < -0.4 is 22.1 Å². The van der Waals surface area contributed by atoms with Crippen LogP contribution in [0.5, 0.6) is 0 Å². The SMILES string of the molecule is CC(=O)Nc1ccc(S(=O)(=O)N2C(C(=O)c3ccccc3)C(N)=C(C#N)C2c2cccc([N+](=O)[O-])c2)cc1.CC(=O)Nc1ccc(S(=O)(=O)N2C(N)=C(C#N)C(c3cccc([N+](=O)[O-])c3)C2C(=O)c2ccccc2)cc1. The van der Waals surface area contributed by atoms with Crippen molar-refractivity contribution in [1.29, 1.82) is 10.5 Å². The molecule has 2 amide bonds. The van der Waals surface area contributed by atoms with Crippen LogP contribution in [-0.2, 0) is 29.6 Å². The quantitative estimate of drug-likeness (QED) is 0.0509. The standard InChI is InChI=1S/2C26H21N5O6S/c1-16(32)29-19-10-12-21(13-11-19)38(36,37)30-24(18-8-5-9-20(14-18)31(34)35)22(15-27)23(28)25(30)26(33)17-6-3-2-4-7-17;1-16(32)29-19-10-12-21(13-11-19)38(36,37)30-24(25(33)17-6-3-2-4-7-17)23(22(15-27)26(30)28)18-8-5-9-20(14-18)31(34)35/h2-14,24-25H,28H2,1H3,(H,29,32);2-14,23-24H,28H2,1H3,(H,29,32). The molecule has 6 aromatic carbocycles. The number of carbonyl (C=O) groups excluding carboxylic acids is 4. The molecular formula is C52H42N10O12S2. The lowest BCUT2D eigenvalue weighted by Crippen LogP contribution is -2.45. The van der Waals surface area contributed by atoms with Crippen molar-refractivity contribution in [3.05, 3.63) is 223 Å². The first-order chi connectivity index (χ1) is 36.1. The monoisotopic (exact) mass is 1060 g/mol. The third-order valence-electron chi connectivity index (χ3n) is 12.0. The molecule has 22 nitrogen and oxygen atoms in total. The maximum atomic E-state index is 14.1.